The van der Waals surface area contributed by atoms with Gasteiger partial charge in [0.1, 0.15) is 10.7 Å². The zero-order valence-electron chi connectivity index (χ0n) is 15.9. The van der Waals surface area contributed by atoms with Gasteiger partial charge in [-0.3, -0.25) is 4.79 Å². The molecule has 2 aromatic heterocycles. The largest absolute Gasteiger partial charge is 0.339 e. The van der Waals surface area contributed by atoms with E-state index in [1.165, 1.54) is 28.2 Å². The molecule has 0 atom stereocenters. The van der Waals surface area contributed by atoms with E-state index in [1.807, 2.05) is 30.3 Å². The summed E-state index contributed by atoms with van der Waals surface area (Å²) < 4.78 is 28.6. The van der Waals surface area contributed by atoms with Crippen molar-refractivity contribution in [3.05, 3.63) is 53.9 Å². The average molecular weight is 432 g/mol. The van der Waals surface area contributed by atoms with Gasteiger partial charge in [0.05, 0.1) is 6.33 Å². The molecule has 8 nitrogen and oxygen atoms in total. The molecule has 1 fully saturated rings. The predicted molar refractivity (Wildman–Crippen MR) is 110 cm³/mol. The van der Waals surface area contributed by atoms with Crippen molar-refractivity contribution >= 4 is 27.3 Å². The minimum atomic E-state index is -3.66. The van der Waals surface area contributed by atoms with E-state index in [0.29, 0.717) is 31.7 Å². The van der Waals surface area contributed by atoms with Gasteiger partial charge in [-0.25, -0.2) is 18.4 Å². The van der Waals surface area contributed by atoms with Crippen LogP contribution < -0.4 is 0 Å². The summed E-state index contributed by atoms with van der Waals surface area (Å²) in [6.07, 6.45) is 3.52. The van der Waals surface area contributed by atoms with E-state index in [1.54, 1.807) is 21.9 Å². The van der Waals surface area contributed by atoms with Crippen molar-refractivity contribution in [3.63, 3.8) is 0 Å². The molecule has 0 saturated carbocycles. The van der Waals surface area contributed by atoms with Crippen LogP contribution in [0.4, 0.5) is 0 Å². The summed E-state index contributed by atoms with van der Waals surface area (Å²) in [5.41, 5.74) is 1.37. The molecule has 1 saturated heterocycles. The lowest BCUT2D eigenvalue weighted by molar-refractivity contribution is 0.0759. The monoisotopic (exact) mass is 431 g/mol. The van der Waals surface area contributed by atoms with Crippen molar-refractivity contribution in [1.82, 2.24) is 23.7 Å². The van der Waals surface area contributed by atoms with Crippen molar-refractivity contribution in [2.24, 2.45) is 7.05 Å². The number of sulfonamides is 1. The maximum Gasteiger partial charge on any atom is 0.273 e. The van der Waals surface area contributed by atoms with Crippen LogP contribution in [0.15, 0.2) is 53.3 Å². The molecule has 3 aromatic rings. The van der Waals surface area contributed by atoms with Crippen molar-refractivity contribution in [1.29, 1.82) is 0 Å². The Bertz CT molecular complexity index is 1110. The molecule has 1 aliphatic heterocycles. The van der Waals surface area contributed by atoms with Gasteiger partial charge in [-0.05, 0) is 6.42 Å². The van der Waals surface area contributed by atoms with Crippen molar-refractivity contribution in [2.45, 2.75) is 11.4 Å². The number of hydrogen-bond donors (Lipinski definition) is 0. The molecule has 0 spiro atoms. The Morgan fingerprint density at radius 1 is 1.10 bits per heavy atom. The lowest BCUT2D eigenvalue weighted by Crippen LogP contribution is -2.37. The van der Waals surface area contributed by atoms with E-state index >= 15 is 0 Å². The molecule has 1 aromatic carbocycles. The predicted octanol–water partition coefficient (Wildman–Crippen LogP) is 2.08. The average Bonchev–Trinajstić information content (AvgIpc) is 3.31. The zero-order chi connectivity index (χ0) is 20.4. The second-order valence-corrected chi connectivity index (χ2v) is 9.57. The highest BCUT2D eigenvalue weighted by atomic mass is 32.2. The fraction of sp³-hybridized carbons (Fsp3) is 0.316. The van der Waals surface area contributed by atoms with Gasteiger partial charge in [0.2, 0.25) is 0 Å². The first-order valence-corrected chi connectivity index (χ1v) is 11.6. The minimum Gasteiger partial charge on any atom is -0.339 e. The Balaban J connectivity index is 1.46. The molecule has 29 heavy (non-hydrogen) atoms. The van der Waals surface area contributed by atoms with Crippen LogP contribution in [-0.4, -0.2) is 64.2 Å². The summed E-state index contributed by atoms with van der Waals surface area (Å²) in [6.45, 7) is 1.41. The van der Waals surface area contributed by atoms with Crippen molar-refractivity contribution < 1.29 is 13.2 Å². The Morgan fingerprint density at radius 3 is 2.62 bits per heavy atom. The second-order valence-electron chi connectivity index (χ2n) is 6.83. The highest BCUT2D eigenvalue weighted by molar-refractivity contribution is 7.89. The van der Waals surface area contributed by atoms with Gasteiger partial charge >= 0.3 is 0 Å². The Hall–Kier alpha value is -2.56. The fourth-order valence-electron chi connectivity index (χ4n) is 3.24. The van der Waals surface area contributed by atoms with Gasteiger partial charge < -0.3 is 9.47 Å². The highest BCUT2D eigenvalue weighted by Crippen LogP contribution is 2.24. The second kappa shape index (κ2) is 8.05. The maximum absolute atomic E-state index is 12.9. The smallest absolute Gasteiger partial charge is 0.273 e. The molecule has 3 heterocycles. The molecule has 0 N–H and O–H groups in total. The van der Waals surface area contributed by atoms with E-state index in [0.717, 1.165) is 10.6 Å². The minimum absolute atomic E-state index is 0.0341. The fourth-order valence-corrected chi connectivity index (χ4v) is 5.47. The first-order valence-electron chi connectivity index (χ1n) is 9.23. The zero-order valence-corrected chi connectivity index (χ0v) is 17.6. The van der Waals surface area contributed by atoms with E-state index in [2.05, 4.69) is 9.97 Å². The van der Waals surface area contributed by atoms with Crippen LogP contribution in [0.25, 0.3) is 10.6 Å². The molecule has 0 bridgehead atoms. The summed E-state index contributed by atoms with van der Waals surface area (Å²) >= 11 is 1.43. The number of hydrogen-bond acceptors (Lipinski definition) is 6. The van der Waals surface area contributed by atoms with E-state index in [4.69, 9.17) is 0 Å². The molecular formula is C19H21N5O3S2. The third-order valence-electron chi connectivity index (χ3n) is 4.77. The van der Waals surface area contributed by atoms with Gasteiger partial charge in [0.15, 0.2) is 5.03 Å². The summed E-state index contributed by atoms with van der Waals surface area (Å²) in [7, 11) is -1.93. The number of thiazole rings is 1. The summed E-state index contributed by atoms with van der Waals surface area (Å²) in [5.74, 6) is -0.166. The number of imidazole rings is 1. The number of carbonyl (C=O) groups is 1. The third kappa shape index (κ3) is 4.09. The molecule has 10 heteroatoms. The number of amides is 1. The Kier molecular flexibility index (Phi) is 5.48. The molecular weight excluding hydrogens is 410 g/mol. The molecule has 0 aliphatic carbocycles. The van der Waals surface area contributed by atoms with Gasteiger partial charge in [-0.2, -0.15) is 4.31 Å². The van der Waals surface area contributed by atoms with Gasteiger partial charge in [0, 0.05) is 50.4 Å². The lowest BCUT2D eigenvalue weighted by Gasteiger charge is -2.20. The quantitative estimate of drug-likeness (QED) is 0.631. The van der Waals surface area contributed by atoms with Crippen LogP contribution >= 0.6 is 11.3 Å². The Morgan fingerprint density at radius 2 is 1.90 bits per heavy atom. The van der Waals surface area contributed by atoms with E-state index in [-0.39, 0.29) is 17.5 Å². The SMILES string of the molecule is Cn1cnc(S(=O)(=O)N2CCCN(C(=O)c3csc(-c4ccccc4)n3)CC2)c1. The maximum atomic E-state index is 12.9. The van der Waals surface area contributed by atoms with Gasteiger partial charge in [-0.1, -0.05) is 30.3 Å². The van der Waals surface area contributed by atoms with Crippen LogP contribution in [0, 0.1) is 0 Å². The van der Waals surface area contributed by atoms with Gasteiger partial charge in [0.25, 0.3) is 15.9 Å². The number of aryl methyl sites for hydroxylation is 1. The van der Waals surface area contributed by atoms with Crippen molar-refractivity contribution in [2.75, 3.05) is 26.2 Å². The first-order chi connectivity index (χ1) is 13.9. The number of aromatic nitrogens is 3. The number of nitrogens with zero attached hydrogens (tertiary/aromatic N) is 5. The van der Waals surface area contributed by atoms with Crippen molar-refractivity contribution in [3.8, 4) is 10.6 Å². The van der Waals surface area contributed by atoms with Gasteiger partial charge in [-0.15, -0.1) is 11.3 Å². The molecule has 1 aliphatic rings. The molecule has 152 valence electrons. The van der Waals surface area contributed by atoms with Crippen LogP contribution in [-0.2, 0) is 17.1 Å². The van der Waals surface area contributed by atoms with Crippen LogP contribution in [0.5, 0.6) is 0 Å². The summed E-state index contributed by atoms with van der Waals surface area (Å²) in [4.78, 5) is 23.0. The standard InChI is InChI=1S/C19H21N5O3S2/c1-22-12-17(20-14-22)29(26,27)24-9-5-8-23(10-11-24)19(25)16-13-28-18(21-16)15-6-3-2-4-7-15/h2-4,6-7,12-14H,5,8-11H2,1H3. The number of carbonyl (C=O) groups excluding carboxylic acids is 1. The highest BCUT2D eigenvalue weighted by Gasteiger charge is 2.30. The number of rotatable bonds is 4. The first kappa shape index (κ1) is 19.7. The molecule has 0 radical (unpaired) electrons. The molecule has 4 rings (SSSR count). The Labute approximate surface area is 173 Å². The topological polar surface area (TPSA) is 88.4 Å². The van der Waals surface area contributed by atoms with E-state index in [9.17, 15) is 13.2 Å². The summed E-state index contributed by atoms with van der Waals surface area (Å²) in [6, 6.07) is 9.72. The normalized spacial score (nSPS) is 16.0. The van der Waals surface area contributed by atoms with Crippen LogP contribution in [0.2, 0.25) is 0 Å². The third-order valence-corrected chi connectivity index (χ3v) is 7.45. The number of benzene rings is 1. The molecule has 1 amide bonds. The summed E-state index contributed by atoms with van der Waals surface area (Å²) in [5, 5.41) is 2.59. The lowest BCUT2D eigenvalue weighted by atomic mass is 10.2. The van der Waals surface area contributed by atoms with E-state index < -0.39 is 10.0 Å². The van der Waals surface area contributed by atoms with Crippen LogP contribution in [0.3, 0.4) is 0 Å². The molecule has 0 unspecified atom stereocenters. The van der Waals surface area contributed by atoms with Crippen LogP contribution in [0.1, 0.15) is 16.9 Å².